The van der Waals surface area contributed by atoms with Crippen molar-refractivity contribution in [3.8, 4) is 11.4 Å². The average molecular weight is 377 g/mol. The molecule has 1 aromatic heterocycles. The molecule has 3 rings (SSSR count). The fraction of sp³-hybridized carbons (Fsp3) is 0.188. The van der Waals surface area contributed by atoms with Gasteiger partial charge in [-0.25, -0.2) is 4.98 Å². The Hall–Kier alpha value is -1.56. The van der Waals surface area contributed by atoms with Crippen molar-refractivity contribution in [1.82, 2.24) is 9.55 Å². The number of imidazole rings is 1. The summed E-state index contributed by atoms with van der Waals surface area (Å²) in [4.78, 5) is 6.86. The molecule has 0 saturated carbocycles. The summed E-state index contributed by atoms with van der Waals surface area (Å²) in [5.74, 6) is 1.01. The summed E-state index contributed by atoms with van der Waals surface area (Å²) < 4.78 is 3.36. The summed E-state index contributed by atoms with van der Waals surface area (Å²) in [6.07, 6.45) is 0. The van der Waals surface area contributed by atoms with Gasteiger partial charge in [-0.05, 0) is 65.1 Å². The van der Waals surface area contributed by atoms with E-state index < -0.39 is 0 Å². The van der Waals surface area contributed by atoms with Crippen LogP contribution in [0.15, 0.2) is 42.5 Å². The highest BCUT2D eigenvalue weighted by Crippen LogP contribution is 2.26. The zero-order valence-corrected chi connectivity index (χ0v) is 13.9. The lowest BCUT2D eigenvalue weighted by molar-refractivity contribution is 0.959. The second-order valence-electron chi connectivity index (χ2n) is 5.07. The number of benzene rings is 2. The third-order valence-electron chi connectivity index (χ3n) is 3.48. The molecule has 3 aromatic rings. The fourth-order valence-electron chi connectivity index (χ4n) is 2.34. The van der Waals surface area contributed by atoms with E-state index >= 15 is 0 Å². The normalized spacial score (nSPS) is 11.0. The second kappa shape index (κ2) is 5.09. The summed E-state index contributed by atoms with van der Waals surface area (Å²) in [6.45, 7) is 0. The fourth-order valence-corrected chi connectivity index (χ4v) is 2.81. The van der Waals surface area contributed by atoms with Gasteiger partial charge in [0.1, 0.15) is 5.82 Å². The van der Waals surface area contributed by atoms with Crippen molar-refractivity contribution in [1.29, 1.82) is 0 Å². The van der Waals surface area contributed by atoms with Crippen LogP contribution in [0.25, 0.3) is 22.4 Å². The lowest BCUT2D eigenvalue weighted by Gasteiger charge is -2.12. The Kier molecular flexibility index (Phi) is 3.41. The van der Waals surface area contributed by atoms with Gasteiger partial charge in [0, 0.05) is 36.0 Å². The van der Waals surface area contributed by atoms with E-state index in [-0.39, 0.29) is 0 Å². The van der Waals surface area contributed by atoms with Gasteiger partial charge in [0.25, 0.3) is 0 Å². The van der Waals surface area contributed by atoms with Crippen LogP contribution in [0.2, 0.25) is 0 Å². The third-order valence-corrected chi connectivity index (χ3v) is 4.16. The van der Waals surface area contributed by atoms with E-state index in [1.165, 1.54) is 9.26 Å². The van der Waals surface area contributed by atoms with E-state index in [0.717, 1.165) is 22.4 Å². The maximum atomic E-state index is 4.76. The Balaban J connectivity index is 2.11. The Labute approximate surface area is 132 Å². The summed E-state index contributed by atoms with van der Waals surface area (Å²) >= 11 is 2.32. The van der Waals surface area contributed by atoms with Crippen LogP contribution in [0.4, 0.5) is 5.69 Å². The van der Waals surface area contributed by atoms with E-state index in [4.69, 9.17) is 4.98 Å². The van der Waals surface area contributed by atoms with Crippen molar-refractivity contribution in [2.45, 2.75) is 0 Å². The quantitative estimate of drug-likeness (QED) is 0.632. The number of aryl methyl sites for hydroxylation is 1. The molecule has 0 fully saturated rings. The first-order valence-corrected chi connectivity index (χ1v) is 7.54. The number of nitrogens with zero attached hydrogens (tertiary/aromatic N) is 3. The van der Waals surface area contributed by atoms with E-state index in [0.29, 0.717) is 0 Å². The standard InChI is InChI=1S/C16H16IN3/c1-19(2)13-7-4-11(5-8-13)16-18-14-10-12(17)6-9-15(14)20(16)3/h4-10H,1-3H3. The van der Waals surface area contributed by atoms with Gasteiger partial charge in [0.05, 0.1) is 11.0 Å². The van der Waals surface area contributed by atoms with Gasteiger partial charge in [-0.3, -0.25) is 0 Å². The van der Waals surface area contributed by atoms with Crippen LogP contribution >= 0.6 is 22.6 Å². The van der Waals surface area contributed by atoms with Crippen LogP contribution < -0.4 is 4.90 Å². The molecule has 0 spiro atoms. The molecule has 0 bridgehead atoms. The highest BCUT2D eigenvalue weighted by atomic mass is 127. The average Bonchev–Trinajstić information content (AvgIpc) is 2.75. The van der Waals surface area contributed by atoms with Gasteiger partial charge in [-0.15, -0.1) is 0 Å². The predicted molar refractivity (Wildman–Crippen MR) is 93.2 cm³/mol. The van der Waals surface area contributed by atoms with Crippen molar-refractivity contribution in [2.24, 2.45) is 7.05 Å². The summed E-state index contributed by atoms with van der Waals surface area (Å²) in [7, 11) is 6.16. The minimum Gasteiger partial charge on any atom is -0.378 e. The molecule has 2 aromatic carbocycles. The zero-order chi connectivity index (χ0) is 14.3. The molecule has 102 valence electrons. The Morgan fingerprint density at radius 1 is 1.05 bits per heavy atom. The van der Waals surface area contributed by atoms with Gasteiger partial charge in [-0.2, -0.15) is 0 Å². The van der Waals surface area contributed by atoms with Crippen LogP contribution in [0.3, 0.4) is 0 Å². The smallest absolute Gasteiger partial charge is 0.140 e. The molecule has 0 atom stereocenters. The number of halogens is 1. The van der Waals surface area contributed by atoms with Gasteiger partial charge in [0.2, 0.25) is 0 Å². The molecule has 0 radical (unpaired) electrons. The number of fused-ring (bicyclic) bond motifs is 1. The molecule has 20 heavy (non-hydrogen) atoms. The summed E-state index contributed by atoms with van der Waals surface area (Å²) in [5.41, 5.74) is 4.55. The SMILES string of the molecule is CN(C)c1ccc(-c2nc3cc(I)ccc3n2C)cc1. The second-order valence-corrected chi connectivity index (χ2v) is 6.31. The Bertz CT molecular complexity index is 757. The first-order valence-electron chi connectivity index (χ1n) is 6.46. The molecule has 1 heterocycles. The van der Waals surface area contributed by atoms with Gasteiger partial charge < -0.3 is 9.47 Å². The first kappa shape index (κ1) is 13.4. The van der Waals surface area contributed by atoms with Gasteiger partial charge >= 0.3 is 0 Å². The molecule has 0 aliphatic heterocycles. The number of rotatable bonds is 2. The molecule has 0 unspecified atom stereocenters. The number of hydrogen-bond acceptors (Lipinski definition) is 2. The van der Waals surface area contributed by atoms with Crippen LogP contribution in [-0.4, -0.2) is 23.6 Å². The maximum absolute atomic E-state index is 4.76. The van der Waals surface area contributed by atoms with Crippen LogP contribution in [-0.2, 0) is 7.05 Å². The van der Waals surface area contributed by atoms with Gasteiger partial charge in [-0.1, -0.05) is 0 Å². The van der Waals surface area contributed by atoms with E-state index in [9.17, 15) is 0 Å². The van der Waals surface area contributed by atoms with Crippen molar-refractivity contribution in [2.75, 3.05) is 19.0 Å². The van der Waals surface area contributed by atoms with E-state index in [1.807, 2.05) is 14.1 Å². The van der Waals surface area contributed by atoms with Crippen molar-refractivity contribution in [3.63, 3.8) is 0 Å². The largest absolute Gasteiger partial charge is 0.378 e. The summed E-state index contributed by atoms with van der Waals surface area (Å²) in [6, 6.07) is 14.9. The van der Waals surface area contributed by atoms with Crippen molar-refractivity contribution in [3.05, 3.63) is 46.0 Å². The van der Waals surface area contributed by atoms with Crippen LogP contribution in [0.1, 0.15) is 0 Å². The summed E-state index contributed by atoms with van der Waals surface area (Å²) in [5, 5.41) is 0. The van der Waals surface area contributed by atoms with Crippen LogP contribution in [0.5, 0.6) is 0 Å². The lowest BCUT2D eigenvalue weighted by Crippen LogP contribution is -2.08. The number of aromatic nitrogens is 2. The van der Waals surface area contributed by atoms with Crippen molar-refractivity contribution < 1.29 is 0 Å². The Morgan fingerprint density at radius 3 is 2.40 bits per heavy atom. The third kappa shape index (κ3) is 2.28. The minimum absolute atomic E-state index is 1.01. The highest BCUT2D eigenvalue weighted by Gasteiger charge is 2.10. The molecule has 0 aliphatic rings. The molecule has 0 saturated heterocycles. The molecule has 3 nitrogen and oxygen atoms in total. The van der Waals surface area contributed by atoms with Gasteiger partial charge in [0.15, 0.2) is 0 Å². The monoisotopic (exact) mass is 377 g/mol. The Morgan fingerprint density at radius 2 is 1.75 bits per heavy atom. The lowest BCUT2D eigenvalue weighted by atomic mass is 10.2. The molecule has 0 N–H and O–H groups in total. The zero-order valence-electron chi connectivity index (χ0n) is 11.8. The van der Waals surface area contributed by atoms with Crippen molar-refractivity contribution >= 4 is 39.3 Å². The predicted octanol–water partition coefficient (Wildman–Crippen LogP) is 3.91. The van der Waals surface area contributed by atoms with E-state index in [2.05, 4.69) is 81.6 Å². The van der Waals surface area contributed by atoms with Crippen LogP contribution in [0, 0.1) is 3.57 Å². The maximum Gasteiger partial charge on any atom is 0.140 e. The first-order chi connectivity index (χ1) is 9.56. The molecule has 4 heteroatoms. The molecule has 0 amide bonds. The molecular formula is C16H16IN3. The minimum atomic E-state index is 1.01. The number of hydrogen-bond donors (Lipinski definition) is 0. The topological polar surface area (TPSA) is 21.1 Å². The van der Waals surface area contributed by atoms with E-state index in [1.54, 1.807) is 0 Å². The number of anilines is 1. The molecular weight excluding hydrogens is 361 g/mol. The molecule has 0 aliphatic carbocycles. The highest BCUT2D eigenvalue weighted by molar-refractivity contribution is 14.1.